The molecular formula is C14H23ClN4O. The molecule has 0 aromatic carbocycles. The van der Waals surface area contributed by atoms with Crippen LogP contribution in [-0.2, 0) is 11.3 Å². The number of hydrogen-bond donors (Lipinski definition) is 2. The van der Waals surface area contributed by atoms with E-state index in [1.165, 1.54) is 0 Å². The lowest BCUT2D eigenvalue weighted by Gasteiger charge is -2.23. The smallest absolute Gasteiger partial charge is 0.229 e. The maximum Gasteiger partial charge on any atom is 0.229 e. The van der Waals surface area contributed by atoms with Crippen molar-refractivity contribution in [3.63, 3.8) is 0 Å². The zero-order valence-corrected chi connectivity index (χ0v) is 12.7. The number of rotatable bonds is 4. The second-order valence-electron chi connectivity index (χ2n) is 5.80. The molecule has 1 atom stereocenters. The van der Waals surface area contributed by atoms with E-state index < -0.39 is 0 Å². The molecule has 1 saturated carbocycles. The summed E-state index contributed by atoms with van der Waals surface area (Å²) in [5.41, 5.74) is 0.297. The van der Waals surface area contributed by atoms with Crippen LogP contribution in [0.1, 0.15) is 32.6 Å². The minimum Gasteiger partial charge on any atom is -0.317 e. The van der Waals surface area contributed by atoms with Crippen LogP contribution < -0.4 is 10.6 Å². The van der Waals surface area contributed by atoms with E-state index in [1.54, 1.807) is 6.20 Å². The first-order valence-electron chi connectivity index (χ1n) is 7.28. The van der Waals surface area contributed by atoms with E-state index >= 15 is 0 Å². The maximum atomic E-state index is 12.3. The standard InChI is InChI=1S/C14H22N4O.ClH/c1-2-9-18-12(3-6-16-18)17-13(19)11-10-14(11)4-7-15-8-5-14;/h3,6,11,15H,2,4-5,7-10H2,1H3,(H,17,19);1H. The highest BCUT2D eigenvalue weighted by Crippen LogP contribution is 2.58. The molecule has 1 aromatic rings. The van der Waals surface area contributed by atoms with E-state index in [-0.39, 0.29) is 24.2 Å². The summed E-state index contributed by atoms with van der Waals surface area (Å²) in [5, 5.41) is 10.7. The Kier molecular flexibility index (Phi) is 4.70. The number of anilines is 1. The molecule has 2 heterocycles. The molecule has 1 aromatic heterocycles. The number of halogens is 1. The third-order valence-electron chi connectivity index (χ3n) is 4.51. The van der Waals surface area contributed by atoms with Crippen molar-refractivity contribution < 1.29 is 4.79 Å². The molecule has 1 unspecified atom stereocenters. The Balaban J connectivity index is 0.00000147. The van der Waals surface area contributed by atoms with Crippen molar-refractivity contribution in [2.75, 3.05) is 18.4 Å². The van der Waals surface area contributed by atoms with Gasteiger partial charge in [-0.3, -0.25) is 4.79 Å². The van der Waals surface area contributed by atoms with Gasteiger partial charge in [0.05, 0.1) is 6.20 Å². The predicted octanol–water partition coefficient (Wildman–Crippen LogP) is 2.04. The number of amides is 1. The summed E-state index contributed by atoms with van der Waals surface area (Å²) in [6.07, 6.45) is 6.10. The summed E-state index contributed by atoms with van der Waals surface area (Å²) >= 11 is 0. The lowest BCUT2D eigenvalue weighted by Crippen LogP contribution is -2.31. The van der Waals surface area contributed by atoms with E-state index in [4.69, 9.17) is 0 Å². The first-order chi connectivity index (χ1) is 9.25. The fraction of sp³-hybridized carbons (Fsp3) is 0.714. The summed E-state index contributed by atoms with van der Waals surface area (Å²) in [5.74, 6) is 1.22. The van der Waals surface area contributed by atoms with Crippen LogP contribution in [0.5, 0.6) is 0 Å². The molecule has 112 valence electrons. The van der Waals surface area contributed by atoms with Crippen molar-refractivity contribution in [1.29, 1.82) is 0 Å². The summed E-state index contributed by atoms with van der Waals surface area (Å²) in [6, 6.07) is 1.88. The highest BCUT2D eigenvalue weighted by Gasteiger charge is 2.57. The van der Waals surface area contributed by atoms with Gasteiger partial charge >= 0.3 is 0 Å². The van der Waals surface area contributed by atoms with Gasteiger partial charge in [-0.1, -0.05) is 6.92 Å². The van der Waals surface area contributed by atoms with Gasteiger partial charge in [0, 0.05) is 18.5 Å². The molecule has 1 spiro atoms. The van der Waals surface area contributed by atoms with Gasteiger partial charge in [0.1, 0.15) is 5.82 Å². The van der Waals surface area contributed by atoms with E-state index in [0.29, 0.717) is 5.41 Å². The van der Waals surface area contributed by atoms with E-state index in [1.807, 2.05) is 10.7 Å². The minimum atomic E-state index is 0. The molecule has 1 saturated heterocycles. The monoisotopic (exact) mass is 298 g/mol. The molecule has 0 radical (unpaired) electrons. The summed E-state index contributed by atoms with van der Waals surface area (Å²) in [7, 11) is 0. The maximum absolute atomic E-state index is 12.3. The number of aromatic nitrogens is 2. The van der Waals surface area contributed by atoms with E-state index in [2.05, 4.69) is 22.7 Å². The van der Waals surface area contributed by atoms with Crippen LogP contribution >= 0.6 is 12.4 Å². The molecule has 20 heavy (non-hydrogen) atoms. The third kappa shape index (κ3) is 2.83. The van der Waals surface area contributed by atoms with Crippen molar-refractivity contribution in [2.24, 2.45) is 11.3 Å². The van der Waals surface area contributed by atoms with Gasteiger partial charge in [-0.15, -0.1) is 12.4 Å². The van der Waals surface area contributed by atoms with Crippen molar-refractivity contribution >= 4 is 24.1 Å². The molecule has 1 aliphatic carbocycles. The fourth-order valence-electron chi connectivity index (χ4n) is 3.24. The second kappa shape index (κ2) is 6.14. The molecule has 3 rings (SSSR count). The van der Waals surface area contributed by atoms with Crippen molar-refractivity contribution in [3.05, 3.63) is 12.3 Å². The number of carbonyl (C=O) groups excluding carboxylic acids is 1. The topological polar surface area (TPSA) is 59.0 Å². The summed E-state index contributed by atoms with van der Waals surface area (Å²) < 4.78 is 1.87. The highest BCUT2D eigenvalue weighted by molar-refractivity contribution is 5.94. The first kappa shape index (κ1) is 15.3. The third-order valence-corrected chi connectivity index (χ3v) is 4.51. The lowest BCUT2D eigenvalue weighted by atomic mass is 9.92. The average molecular weight is 299 g/mol. The number of piperidine rings is 1. The zero-order valence-electron chi connectivity index (χ0n) is 11.9. The predicted molar refractivity (Wildman–Crippen MR) is 81.0 cm³/mol. The lowest BCUT2D eigenvalue weighted by molar-refractivity contribution is -0.118. The van der Waals surface area contributed by atoms with Crippen LogP contribution in [-0.4, -0.2) is 28.8 Å². The van der Waals surface area contributed by atoms with Crippen molar-refractivity contribution in [3.8, 4) is 0 Å². The molecule has 6 heteroatoms. The Morgan fingerprint density at radius 2 is 2.30 bits per heavy atom. The number of hydrogen-bond acceptors (Lipinski definition) is 3. The van der Waals surface area contributed by atoms with Gasteiger partial charge in [-0.2, -0.15) is 5.10 Å². The van der Waals surface area contributed by atoms with Crippen LogP contribution in [0, 0.1) is 11.3 Å². The fourth-order valence-corrected chi connectivity index (χ4v) is 3.24. The molecule has 2 fully saturated rings. The summed E-state index contributed by atoms with van der Waals surface area (Å²) in [4.78, 5) is 12.3. The van der Waals surface area contributed by atoms with Crippen LogP contribution in [0.25, 0.3) is 0 Å². The Bertz CT molecular complexity index is 467. The molecule has 5 nitrogen and oxygen atoms in total. The van der Waals surface area contributed by atoms with Gasteiger partial charge in [-0.25, -0.2) is 4.68 Å². The van der Waals surface area contributed by atoms with Gasteiger partial charge in [0.15, 0.2) is 0 Å². The first-order valence-corrected chi connectivity index (χ1v) is 7.28. The molecule has 1 amide bonds. The Labute approximate surface area is 125 Å². The molecule has 1 aliphatic heterocycles. The zero-order chi connectivity index (χ0) is 13.3. The van der Waals surface area contributed by atoms with E-state index in [0.717, 1.165) is 51.1 Å². The Morgan fingerprint density at radius 3 is 3.00 bits per heavy atom. The number of carbonyl (C=O) groups is 1. The van der Waals surface area contributed by atoms with Crippen LogP contribution in [0.4, 0.5) is 5.82 Å². The van der Waals surface area contributed by atoms with Gasteiger partial charge in [-0.05, 0) is 44.2 Å². The highest BCUT2D eigenvalue weighted by atomic mass is 35.5. The molecule has 2 N–H and O–H groups in total. The normalized spacial score (nSPS) is 23.1. The average Bonchev–Trinajstić information content (AvgIpc) is 2.92. The van der Waals surface area contributed by atoms with Gasteiger partial charge in [0.25, 0.3) is 0 Å². The number of nitrogens with one attached hydrogen (secondary N) is 2. The second-order valence-corrected chi connectivity index (χ2v) is 5.80. The van der Waals surface area contributed by atoms with Crippen LogP contribution in [0.3, 0.4) is 0 Å². The SMILES string of the molecule is CCCn1nccc1NC(=O)C1CC12CCNCC2.Cl. The van der Waals surface area contributed by atoms with Crippen LogP contribution in [0.15, 0.2) is 12.3 Å². The quantitative estimate of drug-likeness (QED) is 0.894. The van der Waals surface area contributed by atoms with Gasteiger partial charge < -0.3 is 10.6 Å². The Hall–Kier alpha value is -1.07. The molecular weight excluding hydrogens is 276 g/mol. The van der Waals surface area contributed by atoms with Crippen LogP contribution in [0.2, 0.25) is 0 Å². The summed E-state index contributed by atoms with van der Waals surface area (Å²) in [6.45, 7) is 5.07. The Morgan fingerprint density at radius 1 is 1.55 bits per heavy atom. The van der Waals surface area contributed by atoms with Crippen molar-refractivity contribution in [1.82, 2.24) is 15.1 Å². The molecule has 2 aliphatic rings. The number of nitrogens with zero attached hydrogens (tertiary/aromatic N) is 2. The van der Waals surface area contributed by atoms with E-state index in [9.17, 15) is 4.79 Å². The minimum absolute atomic E-state index is 0. The number of aryl methyl sites for hydroxylation is 1. The van der Waals surface area contributed by atoms with Gasteiger partial charge in [0.2, 0.25) is 5.91 Å². The largest absolute Gasteiger partial charge is 0.317 e. The van der Waals surface area contributed by atoms with Crippen molar-refractivity contribution in [2.45, 2.75) is 39.2 Å². The molecule has 0 bridgehead atoms.